The van der Waals surface area contributed by atoms with Gasteiger partial charge in [0.1, 0.15) is 5.76 Å². The highest BCUT2D eigenvalue weighted by atomic mass is 16.7. The summed E-state index contributed by atoms with van der Waals surface area (Å²) < 4.78 is 17.1. The molecular formula is C31H28N2O4. The number of hydrogen-bond donors (Lipinski definition) is 2. The van der Waals surface area contributed by atoms with E-state index in [1.807, 2.05) is 78.9 Å². The largest absolute Gasteiger partial charge is 0.456 e. The molecule has 2 atom stereocenters. The number of benzene rings is 3. The summed E-state index contributed by atoms with van der Waals surface area (Å²) in [4.78, 5) is 12.7. The standard InChI is InChI=1S/C31H28N2O4/c1-22(32-18-8-11-23-9-4-2-5-10-23)27(24-14-16-28-30(19-24)36-21-35-28)20-26-15-17-29(37-26)31(34)33-25-12-6-3-7-13-25/h2-7,9-10,12-17,19,22,27,32H,18,20-21H2,1H3,(H,33,34)/t22-,27+/m0/s1. The Balaban J connectivity index is 1.30. The van der Waals surface area contributed by atoms with Crippen molar-refractivity contribution in [2.75, 3.05) is 18.7 Å². The summed E-state index contributed by atoms with van der Waals surface area (Å²) >= 11 is 0. The van der Waals surface area contributed by atoms with Crippen molar-refractivity contribution in [1.29, 1.82) is 0 Å². The summed E-state index contributed by atoms with van der Waals surface area (Å²) in [6.45, 7) is 2.90. The number of rotatable bonds is 8. The second-order valence-corrected chi connectivity index (χ2v) is 8.85. The lowest BCUT2D eigenvalue weighted by molar-refractivity contribution is 0.0994. The highest BCUT2D eigenvalue weighted by molar-refractivity contribution is 6.02. The lowest BCUT2D eigenvalue weighted by Crippen LogP contribution is -2.33. The van der Waals surface area contributed by atoms with Crippen LogP contribution >= 0.6 is 0 Å². The lowest BCUT2D eigenvalue weighted by atomic mass is 9.88. The summed E-state index contributed by atoms with van der Waals surface area (Å²) in [6.07, 6.45) is 0.596. The van der Waals surface area contributed by atoms with E-state index in [1.165, 1.54) is 0 Å². The smallest absolute Gasteiger partial charge is 0.291 e. The van der Waals surface area contributed by atoms with Gasteiger partial charge in [-0.05, 0) is 61.0 Å². The van der Waals surface area contributed by atoms with E-state index in [2.05, 4.69) is 35.5 Å². The van der Waals surface area contributed by atoms with Crippen LogP contribution in [-0.4, -0.2) is 25.3 Å². The van der Waals surface area contributed by atoms with Gasteiger partial charge in [0.2, 0.25) is 6.79 Å². The number of ether oxygens (including phenoxy) is 2. The molecule has 2 N–H and O–H groups in total. The molecule has 0 saturated heterocycles. The zero-order valence-electron chi connectivity index (χ0n) is 20.6. The molecule has 4 aromatic rings. The molecule has 1 aliphatic rings. The summed E-state index contributed by atoms with van der Waals surface area (Å²) in [6, 6.07) is 28.9. The van der Waals surface area contributed by atoms with E-state index in [9.17, 15) is 4.79 Å². The molecule has 0 bridgehead atoms. The molecular weight excluding hydrogens is 464 g/mol. The Morgan fingerprint density at radius 2 is 1.68 bits per heavy atom. The molecule has 1 amide bonds. The molecule has 0 aliphatic carbocycles. The van der Waals surface area contributed by atoms with Crippen molar-refractivity contribution < 1.29 is 18.7 Å². The lowest BCUT2D eigenvalue weighted by Gasteiger charge is -2.24. The Kier molecular flexibility index (Phi) is 7.54. The van der Waals surface area contributed by atoms with Gasteiger partial charge in [0.05, 0.1) is 6.54 Å². The van der Waals surface area contributed by atoms with Gasteiger partial charge in [0.25, 0.3) is 5.91 Å². The molecule has 0 unspecified atom stereocenters. The van der Waals surface area contributed by atoms with Crippen molar-refractivity contribution in [2.45, 2.75) is 25.3 Å². The maximum absolute atomic E-state index is 12.7. The number of furan rings is 1. The summed E-state index contributed by atoms with van der Waals surface area (Å²) in [5.74, 6) is 8.64. The molecule has 0 fully saturated rings. The number of anilines is 1. The summed E-state index contributed by atoms with van der Waals surface area (Å²) in [5, 5.41) is 6.40. The van der Waals surface area contributed by atoms with Crippen LogP contribution in [0.5, 0.6) is 11.5 Å². The minimum Gasteiger partial charge on any atom is -0.456 e. The number of nitrogens with one attached hydrogen (secondary N) is 2. The van der Waals surface area contributed by atoms with Gasteiger partial charge in [0.15, 0.2) is 17.3 Å². The fourth-order valence-corrected chi connectivity index (χ4v) is 4.29. The number of carbonyl (C=O) groups excluding carboxylic acids is 1. The number of para-hydroxylation sites is 1. The van der Waals surface area contributed by atoms with E-state index in [0.29, 0.717) is 13.0 Å². The first-order valence-electron chi connectivity index (χ1n) is 12.3. The van der Waals surface area contributed by atoms with Crippen molar-refractivity contribution in [3.63, 3.8) is 0 Å². The van der Waals surface area contributed by atoms with Gasteiger partial charge in [-0.15, -0.1) is 0 Å². The predicted octanol–water partition coefficient (Wildman–Crippen LogP) is 5.62. The van der Waals surface area contributed by atoms with Crippen LogP contribution in [0.3, 0.4) is 0 Å². The van der Waals surface area contributed by atoms with E-state index in [-0.39, 0.29) is 30.4 Å². The van der Waals surface area contributed by atoms with Crippen molar-refractivity contribution >= 4 is 11.6 Å². The monoisotopic (exact) mass is 492 g/mol. The summed E-state index contributed by atoms with van der Waals surface area (Å²) in [5.41, 5.74) is 2.80. The first kappa shape index (κ1) is 24.2. The Morgan fingerprint density at radius 3 is 2.49 bits per heavy atom. The number of carbonyl (C=O) groups is 1. The quantitative estimate of drug-likeness (QED) is 0.313. The Labute approximate surface area is 216 Å². The van der Waals surface area contributed by atoms with Crippen LogP contribution in [0.15, 0.2) is 95.4 Å². The van der Waals surface area contributed by atoms with Crippen LogP contribution < -0.4 is 20.1 Å². The van der Waals surface area contributed by atoms with Crippen molar-refractivity contribution in [1.82, 2.24) is 5.32 Å². The molecule has 0 spiro atoms. The minimum atomic E-state index is -0.278. The normalized spacial score (nSPS) is 13.3. The molecule has 3 aromatic carbocycles. The average Bonchev–Trinajstić information content (AvgIpc) is 3.60. The average molecular weight is 493 g/mol. The van der Waals surface area contributed by atoms with E-state index in [1.54, 1.807) is 6.07 Å². The van der Waals surface area contributed by atoms with Crippen LogP contribution in [-0.2, 0) is 6.42 Å². The van der Waals surface area contributed by atoms with Gasteiger partial charge < -0.3 is 24.5 Å². The Bertz CT molecular complexity index is 1400. The van der Waals surface area contributed by atoms with E-state index >= 15 is 0 Å². The molecule has 0 radical (unpaired) electrons. The molecule has 6 heteroatoms. The molecule has 6 nitrogen and oxygen atoms in total. The Morgan fingerprint density at radius 1 is 0.919 bits per heavy atom. The maximum Gasteiger partial charge on any atom is 0.291 e. The molecule has 2 heterocycles. The van der Waals surface area contributed by atoms with E-state index in [4.69, 9.17) is 13.9 Å². The van der Waals surface area contributed by atoms with Gasteiger partial charge in [-0.25, -0.2) is 0 Å². The second-order valence-electron chi connectivity index (χ2n) is 8.85. The maximum atomic E-state index is 12.7. The number of fused-ring (bicyclic) bond motifs is 1. The fraction of sp³-hybridized carbons (Fsp3) is 0.194. The van der Waals surface area contributed by atoms with Crippen molar-refractivity contribution in [3.8, 4) is 23.3 Å². The molecule has 1 aromatic heterocycles. The summed E-state index contributed by atoms with van der Waals surface area (Å²) in [7, 11) is 0. The van der Waals surface area contributed by atoms with Crippen LogP contribution in [0.25, 0.3) is 0 Å². The zero-order valence-corrected chi connectivity index (χ0v) is 20.6. The highest BCUT2D eigenvalue weighted by Crippen LogP contribution is 2.36. The fourth-order valence-electron chi connectivity index (χ4n) is 4.29. The van der Waals surface area contributed by atoms with Crippen LogP contribution in [0.4, 0.5) is 5.69 Å². The predicted molar refractivity (Wildman–Crippen MR) is 143 cm³/mol. The Hall–Kier alpha value is -4.47. The second kappa shape index (κ2) is 11.5. The molecule has 5 rings (SSSR count). The molecule has 1 aliphatic heterocycles. The first-order valence-corrected chi connectivity index (χ1v) is 12.3. The minimum absolute atomic E-state index is 0.0456. The number of amides is 1. The van der Waals surface area contributed by atoms with Crippen LogP contribution in [0.1, 0.15) is 40.3 Å². The third kappa shape index (κ3) is 6.21. The van der Waals surface area contributed by atoms with Crippen molar-refractivity contribution in [3.05, 3.63) is 114 Å². The first-order chi connectivity index (χ1) is 18.2. The highest BCUT2D eigenvalue weighted by Gasteiger charge is 2.24. The van der Waals surface area contributed by atoms with E-state index < -0.39 is 0 Å². The van der Waals surface area contributed by atoms with Gasteiger partial charge in [0, 0.05) is 29.6 Å². The van der Waals surface area contributed by atoms with Gasteiger partial charge in [-0.3, -0.25) is 4.79 Å². The van der Waals surface area contributed by atoms with Gasteiger partial charge >= 0.3 is 0 Å². The van der Waals surface area contributed by atoms with Gasteiger partial charge in [-0.2, -0.15) is 0 Å². The zero-order chi connectivity index (χ0) is 25.5. The molecule has 0 saturated carbocycles. The SMILES string of the molecule is C[C@H](NCC#Cc1ccccc1)[C@@H](Cc1ccc(C(=O)Nc2ccccc2)o1)c1ccc2c(c1)OCO2. The third-order valence-corrected chi connectivity index (χ3v) is 6.29. The van der Waals surface area contributed by atoms with Crippen LogP contribution in [0, 0.1) is 11.8 Å². The molecule has 186 valence electrons. The third-order valence-electron chi connectivity index (χ3n) is 6.29. The topological polar surface area (TPSA) is 72.7 Å². The molecule has 37 heavy (non-hydrogen) atoms. The number of hydrogen-bond acceptors (Lipinski definition) is 5. The van der Waals surface area contributed by atoms with E-state index in [0.717, 1.165) is 34.1 Å². The van der Waals surface area contributed by atoms with Gasteiger partial charge in [-0.1, -0.05) is 54.3 Å². The van der Waals surface area contributed by atoms with Crippen molar-refractivity contribution in [2.24, 2.45) is 0 Å². The van der Waals surface area contributed by atoms with Crippen LogP contribution in [0.2, 0.25) is 0 Å².